The Balaban J connectivity index is 2.29. The van der Waals surface area contributed by atoms with Gasteiger partial charge in [-0.1, -0.05) is 29.3 Å². The van der Waals surface area contributed by atoms with Gasteiger partial charge in [-0.05, 0) is 37.0 Å². The zero-order valence-electron chi connectivity index (χ0n) is 11.1. The van der Waals surface area contributed by atoms with E-state index >= 15 is 0 Å². The van der Waals surface area contributed by atoms with Gasteiger partial charge < -0.3 is 5.32 Å². The van der Waals surface area contributed by atoms with Crippen molar-refractivity contribution >= 4 is 41.6 Å². The molecule has 1 N–H and O–H groups in total. The summed E-state index contributed by atoms with van der Waals surface area (Å²) in [5.41, 5.74) is 0.790. The van der Waals surface area contributed by atoms with Gasteiger partial charge in [0.2, 0.25) is 0 Å². The van der Waals surface area contributed by atoms with Crippen molar-refractivity contribution in [1.29, 1.82) is 0 Å². The molecule has 20 heavy (non-hydrogen) atoms. The summed E-state index contributed by atoms with van der Waals surface area (Å²) < 4.78 is 23.6. The van der Waals surface area contributed by atoms with E-state index in [2.05, 4.69) is 28.2 Å². The van der Waals surface area contributed by atoms with Crippen LogP contribution in [0.5, 0.6) is 0 Å². The Morgan fingerprint density at radius 1 is 1.50 bits per heavy atom. The molecule has 1 aromatic carbocycles. The number of amides is 1. The number of benzene rings is 1. The van der Waals surface area contributed by atoms with Gasteiger partial charge in [-0.15, -0.1) is 0 Å². The van der Waals surface area contributed by atoms with Crippen LogP contribution in [0.1, 0.15) is 35.7 Å². The van der Waals surface area contributed by atoms with E-state index in [4.69, 9.17) is 10.7 Å². The quantitative estimate of drug-likeness (QED) is 0.816. The van der Waals surface area contributed by atoms with E-state index < -0.39 is 9.05 Å². The Bertz CT molecular complexity index is 660. The van der Waals surface area contributed by atoms with Crippen LogP contribution < -0.4 is 5.32 Å². The molecule has 110 valence electrons. The molecule has 0 aromatic heterocycles. The van der Waals surface area contributed by atoms with Crippen LogP contribution in [0.2, 0.25) is 0 Å². The number of rotatable bonds is 4. The largest absolute Gasteiger partial charge is 0.349 e. The first-order valence-electron chi connectivity index (χ1n) is 6.29. The lowest BCUT2D eigenvalue weighted by atomic mass is 10.1. The highest BCUT2D eigenvalue weighted by Crippen LogP contribution is 2.34. The fraction of sp³-hybridized carbons (Fsp3) is 0.462. The molecule has 7 heteroatoms. The molecule has 1 amide bonds. The summed E-state index contributed by atoms with van der Waals surface area (Å²) in [6.07, 6.45) is 2.01. The van der Waals surface area contributed by atoms with Gasteiger partial charge in [0.15, 0.2) is 0 Å². The van der Waals surface area contributed by atoms with E-state index in [1.165, 1.54) is 6.07 Å². The second kappa shape index (κ2) is 5.66. The predicted octanol–water partition coefficient (Wildman–Crippen LogP) is 3.21. The first-order valence-corrected chi connectivity index (χ1v) is 9.40. The van der Waals surface area contributed by atoms with Crippen molar-refractivity contribution in [1.82, 2.24) is 5.32 Å². The lowest BCUT2D eigenvalue weighted by Gasteiger charge is -2.09. The summed E-state index contributed by atoms with van der Waals surface area (Å²) in [4.78, 5) is 12.1. The monoisotopic (exact) mass is 379 g/mol. The minimum atomic E-state index is -3.88. The van der Waals surface area contributed by atoms with Crippen LogP contribution in [0.3, 0.4) is 0 Å². The van der Waals surface area contributed by atoms with Crippen molar-refractivity contribution in [3.63, 3.8) is 0 Å². The average Bonchev–Trinajstić information content (AvgIpc) is 3.09. The molecule has 0 aliphatic heterocycles. The molecule has 2 unspecified atom stereocenters. The van der Waals surface area contributed by atoms with Crippen molar-refractivity contribution in [2.75, 3.05) is 0 Å². The van der Waals surface area contributed by atoms with E-state index in [0.29, 0.717) is 21.5 Å². The van der Waals surface area contributed by atoms with Gasteiger partial charge in [0.25, 0.3) is 15.0 Å². The number of nitrogens with one attached hydrogen (secondary N) is 1. The van der Waals surface area contributed by atoms with Gasteiger partial charge in [-0.2, -0.15) is 0 Å². The van der Waals surface area contributed by atoms with Crippen LogP contribution in [0, 0.1) is 12.8 Å². The number of hydrogen-bond donors (Lipinski definition) is 1. The van der Waals surface area contributed by atoms with Crippen LogP contribution in [0.25, 0.3) is 0 Å². The second-order valence-electron chi connectivity index (χ2n) is 5.00. The van der Waals surface area contributed by atoms with Gasteiger partial charge in [0.1, 0.15) is 0 Å². The van der Waals surface area contributed by atoms with E-state index in [-0.39, 0.29) is 16.8 Å². The Kier molecular flexibility index (Phi) is 4.47. The number of carbonyl (C=O) groups excluding carboxylic acids is 1. The van der Waals surface area contributed by atoms with Crippen LogP contribution in [-0.4, -0.2) is 20.4 Å². The summed E-state index contributed by atoms with van der Waals surface area (Å²) in [5, 5.41) is 2.90. The molecular weight excluding hydrogens is 366 g/mol. The number of halogens is 2. The Labute approximate surface area is 131 Å². The van der Waals surface area contributed by atoms with Gasteiger partial charge in [-0.3, -0.25) is 4.79 Å². The van der Waals surface area contributed by atoms with Gasteiger partial charge in [0, 0.05) is 26.8 Å². The number of hydrogen-bond acceptors (Lipinski definition) is 3. The SMILES string of the molecule is CCC1CC1NC(=O)c1cc(Br)c(C)c(S(=O)(=O)Cl)c1. The maximum Gasteiger partial charge on any atom is 0.261 e. The van der Waals surface area contributed by atoms with Crippen molar-refractivity contribution in [2.45, 2.75) is 37.6 Å². The highest BCUT2D eigenvalue weighted by molar-refractivity contribution is 9.10. The molecule has 0 bridgehead atoms. The highest BCUT2D eigenvalue weighted by atomic mass is 79.9. The predicted molar refractivity (Wildman–Crippen MR) is 81.6 cm³/mol. The highest BCUT2D eigenvalue weighted by Gasteiger charge is 2.36. The van der Waals surface area contributed by atoms with E-state index in [0.717, 1.165) is 12.8 Å². The molecule has 2 atom stereocenters. The lowest BCUT2D eigenvalue weighted by Crippen LogP contribution is -2.27. The van der Waals surface area contributed by atoms with Crippen molar-refractivity contribution in [3.8, 4) is 0 Å². The maximum atomic E-state index is 12.1. The Hall–Kier alpha value is -0.590. The molecule has 0 radical (unpaired) electrons. The smallest absolute Gasteiger partial charge is 0.261 e. The van der Waals surface area contributed by atoms with Gasteiger partial charge in [-0.25, -0.2) is 8.42 Å². The van der Waals surface area contributed by atoms with Crippen molar-refractivity contribution in [2.24, 2.45) is 5.92 Å². The summed E-state index contributed by atoms with van der Waals surface area (Å²) in [6.45, 7) is 3.71. The van der Waals surface area contributed by atoms with Crippen LogP contribution >= 0.6 is 26.6 Å². The fourth-order valence-corrected chi connectivity index (χ4v) is 3.98. The molecule has 1 saturated carbocycles. The van der Waals surface area contributed by atoms with Crippen LogP contribution in [-0.2, 0) is 9.05 Å². The van der Waals surface area contributed by atoms with E-state index in [9.17, 15) is 13.2 Å². The molecule has 1 aliphatic rings. The second-order valence-corrected chi connectivity index (χ2v) is 8.39. The minimum Gasteiger partial charge on any atom is -0.349 e. The van der Waals surface area contributed by atoms with Crippen LogP contribution in [0.15, 0.2) is 21.5 Å². The summed E-state index contributed by atoms with van der Waals surface area (Å²) >= 11 is 3.26. The summed E-state index contributed by atoms with van der Waals surface area (Å²) in [7, 11) is 1.52. The first-order chi connectivity index (χ1) is 9.24. The zero-order chi connectivity index (χ0) is 15.1. The third-order valence-corrected chi connectivity index (χ3v) is 5.86. The molecule has 0 heterocycles. The Morgan fingerprint density at radius 3 is 2.65 bits per heavy atom. The summed E-state index contributed by atoms with van der Waals surface area (Å²) in [6, 6.07) is 3.13. The molecular formula is C13H15BrClNO3S. The Morgan fingerprint density at radius 2 is 2.15 bits per heavy atom. The average molecular weight is 381 g/mol. The molecule has 0 spiro atoms. The third kappa shape index (κ3) is 3.35. The fourth-order valence-electron chi connectivity index (χ4n) is 2.17. The zero-order valence-corrected chi connectivity index (χ0v) is 14.3. The van der Waals surface area contributed by atoms with E-state index in [1.54, 1.807) is 13.0 Å². The van der Waals surface area contributed by atoms with Crippen molar-refractivity contribution < 1.29 is 13.2 Å². The number of carbonyl (C=O) groups is 1. The molecule has 0 saturated heterocycles. The van der Waals surface area contributed by atoms with E-state index in [1.807, 2.05) is 0 Å². The standard InChI is InChI=1S/C13H15BrClNO3S/c1-3-8-5-11(8)16-13(17)9-4-10(14)7(2)12(6-9)20(15,18)19/h4,6,8,11H,3,5H2,1-2H3,(H,16,17). The van der Waals surface area contributed by atoms with Gasteiger partial charge in [0.05, 0.1) is 4.90 Å². The third-order valence-electron chi connectivity index (χ3n) is 3.58. The van der Waals surface area contributed by atoms with Crippen molar-refractivity contribution in [3.05, 3.63) is 27.7 Å². The normalized spacial score (nSPS) is 21.6. The summed E-state index contributed by atoms with van der Waals surface area (Å²) in [5.74, 6) is 0.261. The minimum absolute atomic E-state index is 0.0402. The molecule has 1 aliphatic carbocycles. The first kappa shape index (κ1) is 15.8. The van der Waals surface area contributed by atoms with Gasteiger partial charge >= 0.3 is 0 Å². The maximum absolute atomic E-state index is 12.1. The molecule has 1 aromatic rings. The lowest BCUT2D eigenvalue weighted by molar-refractivity contribution is 0.0948. The molecule has 1 fully saturated rings. The molecule has 4 nitrogen and oxygen atoms in total. The topological polar surface area (TPSA) is 63.2 Å². The molecule has 2 rings (SSSR count). The van der Waals surface area contributed by atoms with Crippen LogP contribution in [0.4, 0.5) is 0 Å².